The Hall–Kier alpha value is -1.22. The molecule has 1 N–H and O–H groups in total. The molecule has 1 aromatic rings. The van der Waals surface area contributed by atoms with Crippen LogP contribution in [0.25, 0.3) is 0 Å². The fourth-order valence-corrected chi connectivity index (χ4v) is 1.82. The number of fused-ring (bicyclic) bond motifs is 1. The third kappa shape index (κ3) is 3.63. The van der Waals surface area contributed by atoms with Gasteiger partial charge < -0.3 is 14.8 Å². The van der Waals surface area contributed by atoms with Crippen LogP contribution in [0.4, 0.5) is 0 Å². The largest absolute Gasteiger partial charge is 0.486 e. The second-order valence-corrected chi connectivity index (χ2v) is 4.88. The van der Waals surface area contributed by atoms with E-state index in [2.05, 4.69) is 19.2 Å². The van der Waals surface area contributed by atoms with E-state index in [-0.39, 0.29) is 6.10 Å². The Morgan fingerprint density at radius 1 is 1.29 bits per heavy atom. The molecule has 1 heterocycles. The number of hydrogen-bond donors (Lipinski definition) is 1. The number of hydrogen-bond acceptors (Lipinski definition) is 3. The average molecular weight is 235 g/mol. The van der Waals surface area contributed by atoms with Gasteiger partial charge in [-0.15, -0.1) is 0 Å². The summed E-state index contributed by atoms with van der Waals surface area (Å²) in [6.45, 7) is 6.99. The van der Waals surface area contributed by atoms with E-state index in [0.29, 0.717) is 6.61 Å². The van der Waals surface area contributed by atoms with Crippen molar-refractivity contribution in [1.29, 1.82) is 0 Å². The van der Waals surface area contributed by atoms with Crippen LogP contribution < -0.4 is 14.8 Å². The number of para-hydroxylation sites is 2. The summed E-state index contributed by atoms with van der Waals surface area (Å²) in [6, 6.07) is 7.83. The Labute approximate surface area is 103 Å². The molecule has 0 amide bonds. The molecule has 1 aromatic carbocycles. The van der Waals surface area contributed by atoms with Crippen LogP contribution >= 0.6 is 0 Å². The molecule has 1 aliphatic rings. The molecule has 0 aromatic heterocycles. The first kappa shape index (κ1) is 12.2. The molecule has 1 atom stereocenters. The molecule has 0 spiro atoms. The van der Waals surface area contributed by atoms with Crippen molar-refractivity contribution < 1.29 is 9.47 Å². The SMILES string of the molecule is CC(C)CCNC[C@@H]1COc2ccccc2O1. The predicted octanol–water partition coefficient (Wildman–Crippen LogP) is 2.46. The molecule has 2 rings (SSSR count). The van der Waals surface area contributed by atoms with Crippen LogP contribution in [0.2, 0.25) is 0 Å². The van der Waals surface area contributed by atoms with Gasteiger partial charge in [-0.2, -0.15) is 0 Å². The summed E-state index contributed by atoms with van der Waals surface area (Å²) in [5.74, 6) is 2.45. The Bertz CT molecular complexity index is 352. The van der Waals surface area contributed by atoms with Crippen molar-refractivity contribution >= 4 is 0 Å². The van der Waals surface area contributed by atoms with Gasteiger partial charge in [-0.05, 0) is 31.0 Å². The molecular weight excluding hydrogens is 214 g/mol. The van der Waals surface area contributed by atoms with Crippen molar-refractivity contribution in [3.8, 4) is 11.5 Å². The van der Waals surface area contributed by atoms with Crippen LogP contribution in [-0.4, -0.2) is 25.8 Å². The van der Waals surface area contributed by atoms with Crippen molar-refractivity contribution in [2.24, 2.45) is 5.92 Å². The molecular formula is C14H21NO2. The number of nitrogens with one attached hydrogen (secondary N) is 1. The van der Waals surface area contributed by atoms with E-state index in [1.807, 2.05) is 24.3 Å². The van der Waals surface area contributed by atoms with Gasteiger partial charge in [0.1, 0.15) is 12.7 Å². The molecule has 0 unspecified atom stereocenters. The van der Waals surface area contributed by atoms with E-state index in [1.165, 1.54) is 6.42 Å². The van der Waals surface area contributed by atoms with Gasteiger partial charge in [-0.1, -0.05) is 26.0 Å². The summed E-state index contributed by atoms with van der Waals surface area (Å²) in [5.41, 5.74) is 0. The van der Waals surface area contributed by atoms with E-state index in [4.69, 9.17) is 9.47 Å². The first-order valence-corrected chi connectivity index (χ1v) is 6.35. The van der Waals surface area contributed by atoms with Gasteiger partial charge in [0.05, 0.1) is 0 Å². The smallest absolute Gasteiger partial charge is 0.161 e. The lowest BCUT2D eigenvalue weighted by Gasteiger charge is -2.26. The van der Waals surface area contributed by atoms with E-state index >= 15 is 0 Å². The third-order valence-electron chi connectivity index (χ3n) is 2.84. The van der Waals surface area contributed by atoms with Crippen LogP contribution in [-0.2, 0) is 0 Å². The maximum Gasteiger partial charge on any atom is 0.161 e. The minimum Gasteiger partial charge on any atom is -0.486 e. The number of rotatable bonds is 5. The van der Waals surface area contributed by atoms with Crippen molar-refractivity contribution in [3.05, 3.63) is 24.3 Å². The molecule has 0 aliphatic carbocycles. The van der Waals surface area contributed by atoms with Crippen molar-refractivity contribution in [1.82, 2.24) is 5.32 Å². The highest BCUT2D eigenvalue weighted by Crippen LogP contribution is 2.30. The highest BCUT2D eigenvalue weighted by Gasteiger charge is 2.19. The summed E-state index contributed by atoms with van der Waals surface area (Å²) in [6.07, 6.45) is 1.32. The predicted molar refractivity (Wildman–Crippen MR) is 68.7 cm³/mol. The van der Waals surface area contributed by atoms with Gasteiger partial charge in [-0.25, -0.2) is 0 Å². The van der Waals surface area contributed by atoms with E-state index in [0.717, 1.165) is 30.5 Å². The molecule has 1 aliphatic heterocycles. The number of benzene rings is 1. The summed E-state index contributed by atoms with van der Waals surface area (Å²) in [7, 11) is 0. The molecule has 3 nitrogen and oxygen atoms in total. The van der Waals surface area contributed by atoms with Gasteiger partial charge in [0.15, 0.2) is 11.5 Å². The van der Waals surface area contributed by atoms with Crippen LogP contribution in [0.1, 0.15) is 20.3 Å². The number of ether oxygens (including phenoxy) is 2. The zero-order valence-electron chi connectivity index (χ0n) is 10.6. The lowest BCUT2D eigenvalue weighted by molar-refractivity contribution is 0.0903. The van der Waals surface area contributed by atoms with E-state index in [1.54, 1.807) is 0 Å². The quantitative estimate of drug-likeness (QED) is 0.795. The molecule has 0 bridgehead atoms. The zero-order valence-corrected chi connectivity index (χ0v) is 10.6. The Balaban J connectivity index is 1.75. The maximum absolute atomic E-state index is 5.85. The molecule has 3 heteroatoms. The molecule has 0 saturated carbocycles. The first-order valence-electron chi connectivity index (χ1n) is 6.35. The third-order valence-corrected chi connectivity index (χ3v) is 2.84. The fraction of sp³-hybridized carbons (Fsp3) is 0.571. The highest BCUT2D eigenvalue weighted by molar-refractivity contribution is 5.40. The van der Waals surface area contributed by atoms with Gasteiger partial charge in [0.2, 0.25) is 0 Å². The van der Waals surface area contributed by atoms with Crippen LogP contribution in [0.3, 0.4) is 0 Å². The maximum atomic E-state index is 5.85. The van der Waals surface area contributed by atoms with Crippen molar-refractivity contribution in [3.63, 3.8) is 0 Å². The Morgan fingerprint density at radius 2 is 2.06 bits per heavy atom. The molecule has 0 fully saturated rings. The van der Waals surface area contributed by atoms with E-state index in [9.17, 15) is 0 Å². The van der Waals surface area contributed by atoms with Crippen molar-refractivity contribution in [2.45, 2.75) is 26.4 Å². The summed E-state index contributed by atoms with van der Waals surface area (Å²) in [5, 5.41) is 3.41. The van der Waals surface area contributed by atoms with E-state index < -0.39 is 0 Å². The normalized spacial score (nSPS) is 18.4. The molecule has 94 valence electrons. The van der Waals surface area contributed by atoms with Crippen LogP contribution in [0.15, 0.2) is 24.3 Å². The Kier molecular flexibility index (Phi) is 4.26. The fourth-order valence-electron chi connectivity index (χ4n) is 1.82. The van der Waals surface area contributed by atoms with Gasteiger partial charge in [0, 0.05) is 6.54 Å². The van der Waals surface area contributed by atoms with Gasteiger partial charge in [0.25, 0.3) is 0 Å². The zero-order chi connectivity index (χ0) is 12.1. The average Bonchev–Trinajstić information content (AvgIpc) is 2.34. The van der Waals surface area contributed by atoms with Crippen molar-refractivity contribution in [2.75, 3.05) is 19.7 Å². The van der Waals surface area contributed by atoms with Crippen LogP contribution in [0.5, 0.6) is 11.5 Å². The highest BCUT2D eigenvalue weighted by atomic mass is 16.6. The first-order chi connectivity index (χ1) is 8.25. The standard InChI is InChI=1S/C14H21NO2/c1-11(2)7-8-15-9-12-10-16-13-5-3-4-6-14(13)17-12/h3-6,11-12,15H,7-10H2,1-2H3/t12-/m1/s1. The minimum atomic E-state index is 0.122. The molecule has 0 saturated heterocycles. The second-order valence-electron chi connectivity index (χ2n) is 4.88. The topological polar surface area (TPSA) is 30.5 Å². The van der Waals surface area contributed by atoms with Crippen LogP contribution in [0, 0.1) is 5.92 Å². The summed E-state index contributed by atoms with van der Waals surface area (Å²) < 4.78 is 11.5. The minimum absolute atomic E-state index is 0.122. The molecule has 17 heavy (non-hydrogen) atoms. The Morgan fingerprint density at radius 3 is 2.82 bits per heavy atom. The molecule has 0 radical (unpaired) electrons. The lowest BCUT2D eigenvalue weighted by atomic mass is 10.1. The van der Waals surface area contributed by atoms with Gasteiger partial charge >= 0.3 is 0 Å². The second kappa shape index (κ2) is 5.92. The van der Waals surface area contributed by atoms with Gasteiger partial charge in [-0.3, -0.25) is 0 Å². The summed E-state index contributed by atoms with van der Waals surface area (Å²) >= 11 is 0. The monoisotopic (exact) mass is 235 g/mol. The lowest BCUT2D eigenvalue weighted by Crippen LogP contribution is -2.38. The summed E-state index contributed by atoms with van der Waals surface area (Å²) in [4.78, 5) is 0.